The van der Waals surface area contributed by atoms with Crippen molar-refractivity contribution in [1.29, 1.82) is 0 Å². The van der Waals surface area contributed by atoms with Crippen molar-refractivity contribution in [2.75, 3.05) is 0 Å². The molecule has 2 aromatic rings. The lowest BCUT2D eigenvalue weighted by Crippen LogP contribution is -1.88. The van der Waals surface area contributed by atoms with Crippen LogP contribution in [0.3, 0.4) is 0 Å². The normalized spacial score (nSPS) is 10.9. The predicted octanol–water partition coefficient (Wildman–Crippen LogP) is 4.42. The number of aryl methyl sites for hydroxylation is 1. The van der Waals surface area contributed by atoms with Gasteiger partial charge >= 0.3 is 0 Å². The van der Waals surface area contributed by atoms with Gasteiger partial charge in [-0.2, -0.15) is 0 Å². The SMILES string of the molecule is CCCCCc1cc2ccc(F)cc2cc1O. The Bertz CT molecular complexity index is 520. The first kappa shape index (κ1) is 11.9. The maximum absolute atomic E-state index is 13.0. The molecule has 0 aliphatic heterocycles. The number of unbranched alkanes of at least 4 members (excludes halogenated alkanes) is 2. The van der Waals surface area contributed by atoms with Crippen molar-refractivity contribution in [3.8, 4) is 5.75 Å². The van der Waals surface area contributed by atoms with Gasteiger partial charge in [-0.15, -0.1) is 0 Å². The number of fused-ring (bicyclic) bond motifs is 1. The molecule has 0 unspecified atom stereocenters. The van der Waals surface area contributed by atoms with Crippen LogP contribution in [0.1, 0.15) is 31.7 Å². The highest BCUT2D eigenvalue weighted by molar-refractivity contribution is 5.85. The van der Waals surface area contributed by atoms with Gasteiger partial charge in [0.2, 0.25) is 0 Å². The van der Waals surface area contributed by atoms with Crippen LogP contribution in [-0.2, 0) is 6.42 Å². The highest BCUT2D eigenvalue weighted by atomic mass is 19.1. The van der Waals surface area contributed by atoms with E-state index in [2.05, 4.69) is 6.92 Å². The number of phenolic OH excluding ortho intramolecular Hbond substituents is 1. The number of aromatic hydroxyl groups is 1. The third-order valence-corrected chi connectivity index (χ3v) is 3.05. The number of hydrogen-bond acceptors (Lipinski definition) is 1. The molecule has 0 fully saturated rings. The fourth-order valence-electron chi connectivity index (χ4n) is 2.07. The summed E-state index contributed by atoms with van der Waals surface area (Å²) in [5, 5.41) is 11.6. The lowest BCUT2D eigenvalue weighted by molar-refractivity contribution is 0.467. The number of phenols is 1. The molecule has 0 aliphatic rings. The van der Waals surface area contributed by atoms with Crippen LogP contribution in [0.25, 0.3) is 10.8 Å². The van der Waals surface area contributed by atoms with Crippen LogP contribution < -0.4 is 0 Å². The second-order valence-corrected chi connectivity index (χ2v) is 4.43. The topological polar surface area (TPSA) is 20.2 Å². The summed E-state index contributed by atoms with van der Waals surface area (Å²) in [4.78, 5) is 0. The van der Waals surface area contributed by atoms with Gasteiger partial charge in [-0.1, -0.05) is 25.8 Å². The Hall–Kier alpha value is -1.57. The zero-order chi connectivity index (χ0) is 12.3. The van der Waals surface area contributed by atoms with Crippen molar-refractivity contribution >= 4 is 10.8 Å². The van der Waals surface area contributed by atoms with Crippen LogP contribution in [0, 0.1) is 5.82 Å². The fraction of sp³-hybridized carbons (Fsp3) is 0.333. The van der Waals surface area contributed by atoms with Crippen molar-refractivity contribution in [2.24, 2.45) is 0 Å². The number of hydrogen-bond donors (Lipinski definition) is 1. The Kier molecular flexibility index (Phi) is 3.62. The first-order valence-electron chi connectivity index (χ1n) is 6.12. The second kappa shape index (κ2) is 5.17. The molecule has 0 bridgehead atoms. The summed E-state index contributed by atoms with van der Waals surface area (Å²) in [5.41, 5.74) is 0.956. The molecule has 0 saturated carbocycles. The molecular formula is C15H17FO. The molecular weight excluding hydrogens is 215 g/mol. The molecule has 0 aliphatic carbocycles. The minimum Gasteiger partial charge on any atom is -0.508 e. The standard InChI is InChI=1S/C15H17FO/c1-2-3-4-5-12-8-11-6-7-14(16)9-13(11)10-15(12)17/h6-10,17H,2-5H2,1H3. The molecule has 1 N–H and O–H groups in total. The summed E-state index contributed by atoms with van der Waals surface area (Å²) in [5.74, 6) is 0.00911. The molecule has 1 nitrogen and oxygen atoms in total. The average Bonchev–Trinajstić information content (AvgIpc) is 2.30. The highest BCUT2D eigenvalue weighted by Crippen LogP contribution is 2.27. The molecule has 0 saturated heterocycles. The van der Waals surface area contributed by atoms with Crippen molar-refractivity contribution in [2.45, 2.75) is 32.6 Å². The zero-order valence-electron chi connectivity index (χ0n) is 10.0. The molecule has 0 atom stereocenters. The van der Waals surface area contributed by atoms with E-state index in [0.29, 0.717) is 0 Å². The summed E-state index contributed by atoms with van der Waals surface area (Å²) >= 11 is 0. The zero-order valence-corrected chi connectivity index (χ0v) is 10.0. The van der Waals surface area contributed by atoms with E-state index in [9.17, 15) is 9.50 Å². The van der Waals surface area contributed by atoms with Gasteiger partial charge in [0.05, 0.1) is 0 Å². The Morgan fingerprint density at radius 3 is 2.65 bits per heavy atom. The number of rotatable bonds is 4. The van der Waals surface area contributed by atoms with Crippen LogP contribution in [0.15, 0.2) is 30.3 Å². The van der Waals surface area contributed by atoms with Crippen LogP contribution in [0.4, 0.5) is 4.39 Å². The molecule has 17 heavy (non-hydrogen) atoms. The Balaban J connectivity index is 2.31. The second-order valence-electron chi connectivity index (χ2n) is 4.43. The lowest BCUT2D eigenvalue weighted by Gasteiger charge is -2.07. The van der Waals surface area contributed by atoms with Gasteiger partial charge in [0, 0.05) is 0 Å². The van der Waals surface area contributed by atoms with Gasteiger partial charge in [0.25, 0.3) is 0 Å². The first-order chi connectivity index (χ1) is 8.20. The van der Waals surface area contributed by atoms with Crippen LogP contribution in [0.2, 0.25) is 0 Å². The third kappa shape index (κ3) is 2.76. The Morgan fingerprint density at radius 1 is 1.06 bits per heavy atom. The minimum absolute atomic E-state index is 0.268. The molecule has 0 spiro atoms. The fourth-order valence-corrected chi connectivity index (χ4v) is 2.07. The average molecular weight is 232 g/mol. The summed E-state index contributed by atoms with van der Waals surface area (Å²) < 4.78 is 13.0. The molecule has 0 heterocycles. The van der Waals surface area contributed by atoms with E-state index in [0.717, 1.165) is 29.2 Å². The molecule has 0 amide bonds. The summed E-state index contributed by atoms with van der Waals surface area (Å²) in [6, 6.07) is 8.27. The Labute approximate surface area is 101 Å². The van der Waals surface area contributed by atoms with Gasteiger partial charge in [-0.25, -0.2) is 4.39 Å². The smallest absolute Gasteiger partial charge is 0.123 e. The van der Waals surface area contributed by atoms with Crippen molar-refractivity contribution in [1.82, 2.24) is 0 Å². The van der Waals surface area contributed by atoms with Crippen LogP contribution in [0.5, 0.6) is 5.75 Å². The molecule has 2 aromatic carbocycles. The molecule has 2 heteroatoms. The quantitative estimate of drug-likeness (QED) is 0.774. The van der Waals surface area contributed by atoms with E-state index >= 15 is 0 Å². The summed E-state index contributed by atoms with van der Waals surface area (Å²) in [7, 11) is 0. The van der Waals surface area contributed by atoms with Crippen molar-refractivity contribution in [3.05, 3.63) is 41.7 Å². The molecule has 0 aromatic heterocycles. The molecule has 90 valence electrons. The van der Waals surface area contributed by atoms with Gasteiger partial charge < -0.3 is 5.11 Å². The highest BCUT2D eigenvalue weighted by Gasteiger charge is 2.04. The van der Waals surface area contributed by atoms with Gasteiger partial charge in [0.15, 0.2) is 0 Å². The van der Waals surface area contributed by atoms with Crippen LogP contribution in [-0.4, -0.2) is 5.11 Å². The van der Waals surface area contributed by atoms with E-state index in [-0.39, 0.29) is 11.6 Å². The molecule has 2 rings (SSSR count). The van der Waals surface area contributed by atoms with Gasteiger partial charge in [-0.3, -0.25) is 0 Å². The number of halogens is 1. The maximum Gasteiger partial charge on any atom is 0.123 e. The largest absolute Gasteiger partial charge is 0.508 e. The van der Waals surface area contributed by atoms with E-state index in [1.807, 2.05) is 6.07 Å². The van der Waals surface area contributed by atoms with E-state index in [4.69, 9.17) is 0 Å². The monoisotopic (exact) mass is 232 g/mol. The summed E-state index contributed by atoms with van der Waals surface area (Å²) in [6.45, 7) is 2.16. The first-order valence-corrected chi connectivity index (χ1v) is 6.12. The Morgan fingerprint density at radius 2 is 1.88 bits per heavy atom. The van der Waals surface area contributed by atoms with Gasteiger partial charge in [-0.05, 0) is 53.4 Å². The predicted molar refractivity (Wildman–Crippen MR) is 68.8 cm³/mol. The summed E-state index contributed by atoms with van der Waals surface area (Å²) in [6.07, 6.45) is 4.30. The van der Waals surface area contributed by atoms with Crippen molar-refractivity contribution in [3.63, 3.8) is 0 Å². The van der Waals surface area contributed by atoms with E-state index in [1.54, 1.807) is 12.1 Å². The van der Waals surface area contributed by atoms with Crippen LogP contribution >= 0.6 is 0 Å². The number of benzene rings is 2. The lowest BCUT2D eigenvalue weighted by atomic mass is 10.0. The van der Waals surface area contributed by atoms with Gasteiger partial charge in [0.1, 0.15) is 11.6 Å². The van der Waals surface area contributed by atoms with E-state index in [1.165, 1.54) is 25.0 Å². The maximum atomic E-state index is 13.0. The molecule has 0 radical (unpaired) electrons. The third-order valence-electron chi connectivity index (χ3n) is 3.05. The van der Waals surface area contributed by atoms with Crippen molar-refractivity contribution < 1.29 is 9.50 Å². The minimum atomic E-state index is -0.268. The van der Waals surface area contributed by atoms with E-state index < -0.39 is 0 Å².